The van der Waals surface area contributed by atoms with E-state index in [0.717, 1.165) is 12.8 Å². The Morgan fingerprint density at radius 2 is 2.19 bits per heavy atom. The molecule has 2 aliphatic rings. The minimum absolute atomic E-state index is 0.0260. The van der Waals surface area contributed by atoms with Crippen molar-refractivity contribution in [1.29, 1.82) is 5.41 Å². The van der Waals surface area contributed by atoms with Gasteiger partial charge in [-0.3, -0.25) is 5.41 Å². The Bertz CT molecular complexity index is 695. The zero-order valence-electron chi connectivity index (χ0n) is 14.4. The Morgan fingerprint density at radius 1 is 1.42 bits per heavy atom. The van der Waals surface area contributed by atoms with Crippen molar-refractivity contribution < 1.29 is 13.9 Å². The summed E-state index contributed by atoms with van der Waals surface area (Å²) >= 11 is 6.05. The number of fused-ring (bicyclic) bond motifs is 2. The van der Waals surface area contributed by atoms with Crippen molar-refractivity contribution in [2.24, 2.45) is 0 Å². The highest BCUT2D eigenvalue weighted by atomic mass is 35.5. The van der Waals surface area contributed by atoms with E-state index < -0.39 is 6.17 Å². The Morgan fingerprint density at radius 3 is 2.96 bits per heavy atom. The molecule has 1 aromatic heterocycles. The fourth-order valence-electron chi connectivity index (χ4n) is 2.72. The molecule has 3 rings (SSSR count). The predicted octanol–water partition coefficient (Wildman–Crippen LogP) is 2.30. The summed E-state index contributed by atoms with van der Waals surface area (Å²) in [6.07, 6.45) is 1.86. The molecule has 2 bridgehead atoms. The van der Waals surface area contributed by atoms with Crippen molar-refractivity contribution in [1.82, 2.24) is 15.3 Å². The summed E-state index contributed by atoms with van der Waals surface area (Å²) in [5, 5.41) is 17.7. The Labute approximate surface area is 156 Å². The SMILES string of the molecule is C/C(NC1CCOCC1)=C1\Nc2ncc(Cl)c(n2)NCC(F)COC1=N. The summed E-state index contributed by atoms with van der Waals surface area (Å²) in [5.41, 5.74) is 1.06. The number of aromatic nitrogens is 2. The second-order valence-electron chi connectivity index (χ2n) is 6.16. The van der Waals surface area contributed by atoms with Crippen LogP contribution in [0.5, 0.6) is 0 Å². The van der Waals surface area contributed by atoms with Crippen LogP contribution in [0.15, 0.2) is 17.6 Å². The van der Waals surface area contributed by atoms with Crippen LogP contribution in [0.25, 0.3) is 0 Å². The van der Waals surface area contributed by atoms with E-state index in [4.69, 9.17) is 26.5 Å². The number of ether oxygens (including phenoxy) is 2. The molecule has 8 nitrogen and oxygen atoms in total. The molecule has 10 heteroatoms. The van der Waals surface area contributed by atoms with Gasteiger partial charge in [-0.25, -0.2) is 9.37 Å². The molecule has 0 saturated carbocycles. The number of rotatable bonds is 2. The van der Waals surface area contributed by atoms with Crippen molar-refractivity contribution in [2.75, 3.05) is 37.0 Å². The Kier molecular flexibility index (Phi) is 6.10. The average molecular weight is 385 g/mol. The van der Waals surface area contributed by atoms with Gasteiger partial charge in [0.05, 0.1) is 12.7 Å². The van der Waals surface area contributed by atoms with E-state index in [1.54, 1.807) is 0 Å². The van der Waals surface area contributed by atoms with Gasteiger partial charge in [-0.05, 0) is 19.8 Å². The van der Waals surface area contributed by atoms with Crippen molar-refractivity contribution >= 4 is 29.3 Å². The second-order valence-corrected chi connectivity index (χ2v) is 6.57. The molecule has 1 saturated heterocycles. The maximum atomic E-state index is 14.0. The summed E-state index contributed by atoms with van der Waals surface area (Å²) in [7, 11) is 0. The van der Waals surface area contributed by atoms with E-state index >= 15 is 0 Å². The van der Waals surface area contributed by atoms with E-state index in [0.29, 0.717) is 35.4 Å². The van der Waals surface area contributed by atoms with E-state index in [2.05, 4.69) is 25.9 Å². The second kappa shape index (κ2) is 8.50. The van der Waals surface area contributed by atoms with Gasteiger partial charge in [-0.1, -0.05) is 11.6 Å². The predicted molar refractivity (Wildman–Crippen MR) is 97.4 cm³/mol. The Balaban J connectivity index is 1.88. The molecule has 2 aliphatic heterocycles. The smallest absolute Gasteiger partial charge is 0.232 e. The quantitative estimate of drug-likeness (QED) is 0.620. The molecule has 0 aromatic carbocycles. The highest BCUT2D eigenvalue weighted by Crippen LogP contribution is 2.22. The first kappa shape index (κ1) is 18.7. The largest absolute Gasteiger partial charge is 0.473 e. The topological polar surface area (TPSA) is 104 Å². The van der Waals surface area contributed by atoms with Crippen LogP contribution in [0, 0.1) is 5.41 Å². The van der Waals surface area contributed by atoms with Crippen LogP contribution in [0.1, 0.15) is 19.8 Å². The number of nitrogens with zero attached hydrogens (tertiary/aromatic N) is 2. The van der Waals surface area contributed by atoms with Crippen molar-refractivity contribution in [3.63, 3.8) is 0 Å². The lowest BCUT2D eigenvalue weighted by Gasteiger charge is -2.26. The van der Waals surface area contributed by atoms with Gasteiger partial charge < -0.3 is 25.4 Å². The number of nitrogens with one attached hydrogen (secondary N) is 4. The molecule has 3 heterocycles. The zero-order chi connectivity index (χ0) is 18.5. The molecule has 4 N–H and O–H groups in total. The third-order valence-corrected chi connectivity index (χ3v) is 4.40. The molecule has 1 atom stereocenters. The molecule has 1 aromatic rings. The number of hydrogen-bond donors (Lipinski definition) is 4. The van der Waals surface area contributed by atoms with Gasteiger partial charge in [0.15, 0.2) is 12.0 Å². The minimum Gasteiger partial charge on any atom is -0.473 e. The molecule has 1 unspecified atom stereocenters. The van der Waals surface area contributed by atoms with Crippen LogP contribution in [-0.4, -0.2) is 54.4 Å². The summed E-state index contributed by atoms with van der Waals surface area (Å²) in [6.45, 7) is 2.95. The zero-order valence-corrected chi connectivity index (χ0v) is 15.2. The van der Waals surface area contributed by atoms with Crippen LogP contribution in [-0.2, 0) is 9.47 Å². The van der Waals surface area contributed by atoms with Gasteiger partial charge in [0.2, 0.25) is 11.8 Å². The fraction of sp³-hybridized carbons (Fsp3) is 0.562. The molecular weight excluding hydrogens is 363 g/mol. The third-order valence-electron chi connectivity index (χ3n) is 4.12. The summed E-state index contributed by atoms with van der Waals surface area (Å²) < 4.78 is 24.7. The van der Waals surface area contributed by atoms with Crippen LogP contribution in [0.2, 0.25) is 5.02 Å². The molecule has 0 radical (unpaired) electrons. The van der Waals surface area contributed by atoms with Crippen LogP contribution >= 0.6 is 11.6 Å². The fourth-order valence-corrected chi connectivity index (χ4v) is 2.87. The molecule has 0 aliphatic carbocycles. The lowest BCUT2D eigenvalue weighted by molar-refractivity contribution is 0.0803. The van der Waals surface area contributed by atoms with Crippen molar-refractivity contribution in [2.45, 2.75) is 32.0 Å². The monoisotopic (exact) mass is 384 g/mol. The Hall–Kier alpha value is -2.13. The van der Waals surface area contributed by atoms with Crippen LogP contribution in [0.3, 0.4) is 0 Å². The maximum absolute atomic E-state index is 14.0. The first-order chi connectivity index (χ1) is 12.5. The van der Waals surface area contributed by atoms with Gasteiger partial charge in [0.25, 0.3) is 0 Å². The van der Waals surface area contributed by atoms with Crippen molar-refractivity contribution in [3.05, 3.63) is 22.6 Å². The van der Waals surface area contributed by atoms with E-state index in [9.17, 15) is 4.39 Å². The van der Waals surface area contributed by atoms with E-state index in [1.165, 1.54) is 6.20 Å². The van der Waals surface area contributed by atoms with Gasteiger partial charge in [-0.15, -0.1) is 0 Å². The van der Waals surface area contributed by atoms with Gasteiger partial charge >= 0.3 is 0 Å². The van der Waals surface area contributed by atoms with E-state index in [1.807, 2.05) is 6.92 Å². The molecule has 142 valence electrons. The summed E-state index contributed by atoms with van der Waals surface area (Å²) in [5.74, 6) is 0.395. The molecular formula is C16H22ClFN6O2. The number of halogens is 2. The molecule has 0 spiro atoms. The standard InChI is InChI=1S/C16H22ClFN6O2/c1-9(22-11-2-4-25-5-3-11)13-14(19)26-8-10(18)6-20-15-12(17)7-21-16(23-13)24-15/h7,10-11,19,22H,2-6,8H2,1H3,(H2,20,21,23,24)/b13-9+,19-14?. The van der Waals surface area contributed by atoms with Crippen LogP contribution in [0.4, 0.5) is 16.2 Å². The van der Waals surface area contributed by atoms with Crippen molar-refractivity contribution in [3.8, 4) is 0 Å². The van der Waals surface area contributed by atoms with Gasteiger partial charge in [0, 0.05) is 25.0 Å². The number of hydrogen-bond acceptors (Lipinski definition) is 8. The lowest BCUT2D eigenvalue weighted by atomic mass is 10.1. The van der Waals surface area contributed by atoms with Gasteiger partial charge in [-0.2, -0.15) is 4.98 Å². The number of alkyl halides is 1. The lowest BCUT2D eigenvalue weighted by Crippen LogP contribution is -2.35. The van der Waals surface area contributed by atoms with E-state index in [-0.39, 0.29) is 31.0 Å². The summed E-state index contributed by atoms with van der Waals surface area (Å²) in [6, 6.07) is 0.237. The number of anilines is 2. The minimum atomic E-state index is -1.31. The first-order valence-corrected chi connectivity index (χ1v) is 8.85. The van der Waals surface area contributed by atoms with Gasteiger partial charge in [0.1, 0.15) is 17.3 Å². The first-order valence-electron chi connectivity index (χ1n) is 8.47. The average Bonchev–Trinajstić information content (AvgIpc) is 2.66. The number of allylic oxidation sites excluding steroid dienone is 1. The highest BCUT2D eigenvalue weighted by molar-refractivity contribution is 6.32. The molecule has 0 amide bonds. The summed E-state index contributed by atoms with van der Waals surface area (Å²) in [4.78, 5) is 8.38. The highest BCUT2D eigenvalue weighted by Gasteiger charge is 2.21. The maximum Gasteiger partial charge on any atom is 0.232 e. The third kappa shape index (κ3) is 4.73. The molecule has 1 fully saturated rings. The van der Waals surface area contributed by atoms with Crippen LogP contribution < -0.4 is 16.0 Å². The molecule has 26 heavy (non-hydrogen) atoms. The normalized spacial score (nSPS) is 23.8.